The molecule has 0 radical (unpaired) electrons. The molecule has 0 spiro atoms. The highest BCUT2D eigenvalue weighted by Crippen LogP contribution is 2.30. The Balaban J connectivity index is 0. The molecule has 0 aromatic rings. The summed E-state index contributed by atoms with van der Waals surface area (Å²) >= 11 is 0. The Labute approximate surface area is 336 Å². The average Bonchev–Trinajstić information content (AvgIpc) is 3.51. The zero-order chi connectivity index (χ0) is 38.9. The van der Waals surface area contributed by atoms with Crippen molar-refractivity contribution in [3.8, 4) is 0 Å². The van der Waals surface area contributed by atoms with Crippen LogP contribution in [0.15, 0.2) is 0 Å². The van der Waals surface area contributed by atoms with Gasteiger partial charge in [0.15, 0.2) is 0 Å². The first-order chi connectivity index (χ1) is 23.3. The summed E-state index contributed by atoms with van der Waals surface area (Å²) in [6, 6.07) is 0. The molecule has 0 aromatic carbocycles. The summed E-state index contributed by atoms with van der Waals surface area (Å²) in [4.78, 5) is 10.3. The molecule has 53 heavy (non-hydrogen) atoms. The normalized spacial score (nSPS) is 23.5. The van der Waals surface area contributed by atoms with E-state index in [0.29, 0.717) is 39.3 Å². The second-order valence-electron chi connectivity index (χ2n) is 22.3. The monoisotopic (exact) mass is 755 g/mol. The number of hydrogen-bond acceptors (Lipinski definition) is 6. The van der Waals surface area contributed by atoms with Crippen LogP contribution in [0.4, 0.5) is 0 Å². The van der Waals surface area contributed by atoms with E-state index in [-0.39, 0.29) is 14.9 Å². The van der Waals surface area contributed by atoms with Gasteiger partial charge in [0.2, 0.25) is 0 Å². The van der Waals surface area contributed by atoms with Crippen LogP contribution in [0.5, 0.6) is 0 Å². The maximum Gasteiger partial charge on any atom is 0.0678 e. The summed E-state index contributed by atoms with van der Waals surface area (Å²) in [5.41, 5.74) is 2.52. The molecule has 6 nitrogen and oxygen atoms in total. The fourth-order valence-corrected chi connectivity index (χ4v) is 6.65. The molecule has 6 heteroatoms. The Morgan fingerprint density at radius 3 is 1.11 bits per heavy atom. The van der Waals surface area contributed by atoms with Gasteiger partial charge in [0.05, 0.1) is 25.4 Å². The van der Waals surface area contributed by atoms with Gasteiger partial charge in [-0.2, -0.15) is 0 Å². The van der Waals surface area contributed by atoms with Crippen LogP contribution >= 0.6 is 0 Å². The highest BCUT2D eigenvalue weighted by molar-refractivity contribution is 4.79. The van der Waals surface area contributed by atoms with Gasteiger partial charge in [0, 0.05) is 26.2 Å². The van der Waals surface area contributed by atoms with E-state index in [9.17, 15) is 0 Å². The molecule has 0 amide bonds. The van der Waals surface area contributed by atoms with Gasteiger partial charge >= 0.3 is 0 Å². The number of likely N-dealkylation sites (tertiary alicyclic amines) is 2. The lowest BCUT2D eigenvalue weighted by Gasteiger charge is -2.37. The van der Waals surface area contributed by atoms with Crippen molar-refractivity contribution in [1.82, 2.24) is 19.6 Å². The minimum absolute atomic E-state index is 0. The minimum atomic E-state index is 0. The Hall–Kier alpha value is -0.240. The fourth-order valence-electron chi connectivity index (χ4n) is 6.65. The molecule has 2 unspecified atom stereocenters. The topological polar surface area (TPSA) is 31.4 Å². The van der Waals surface area contributed by atoms with E-state index >= 15 is 0 Å². The molecule has 4 aliphatic heterocycles. The third-order valence-electron chi connectivity index (χ3n) is 10.7. The molecule has 2 atom stereocenters. The summed E-state index contributed by atoms with van der Waals surface area (Å²) in [6.45, 7) is 53.5. The summed E-state index contributed by atoms with van der Waals surface area (Å²) in [5.74, 6) is 0. The number of ether oxygens (including phenoxy) is 2. The molecular weight excluding hydrogens is 653 g/mol. The van der Waals surface area contributed by atoms with Gasteiger partial charge in [-0.1, -0.05) is 112 Å². The van der Waals surface area contributed by atoms with Crippen LogP contribution in [0.2, 0.25) is 0 Å². The number of morpholine rings is 2. The zero-order valence-corrected chi connectivity index (χ0v) is 37.8. The molecular formula is C47H102N4O2. The zero-order valence-electron chi connectivity index (χ0n) is 37.8. The standard InChI is InChI=1S/C13H27N.C12H25NO.C10H21NO.C10H21N.2CH4/c1-12(2,3)6-9-14-10-7-13(4,5)8-11-14;1-10-8-13(9-11(2)14-10)7-6-12(3,4)5;1-10(2,3)4-5-11-6-8-12-9-7-11;1-10(2,3)6-9-11-7-4-5-8-11;;/h6-11H2,1-5H3;10-11H,6-9H2,1-5H3;4-9H2,1-3H3;4-9H2,1-3H3;2*1H4. The molecule has 0 aromatic heterocycles. The molecule has 0 saturated carbocycles. The molecule has 4 fully saturated rings. The number of hydrogen-bond donors (Lipinski definition) is 0. The SMILES string of the molecule is C.C.CC(C)(C)CCN1CCC(C)(C)CC1.CC(C)(C)CCN1CCCC1.CC(C)(C)CCN1CCOCC1.CC1CN(CCC(C)(C)C)CC(C)O1. The first-order valence-electron chi connectivity index (χ1n) is 21.4. The van der Waals surface area contributed by atoms with Crippen LogP contribution in [0.25, 0.3) is 0 Å². The van der Waals surface area contributed by atoms with Crippen molar-refractivity contribution < 1.29 is 9.47 Å². The van der Waals surface area contributed by atoms with Crippen LogP contribution in [0, 0.1) is 27.1 Å². The van der Waals surface area contributed by atoms with E-state index in [1.807, 2.05) is 0 Å². The van der Waals surface area contributed by atoms with E-state index in [1.165, 1.54) is 104 Å². The van der Waals surface area contributed by atoms with Crippen LogP contribution < -0.4 is 0 Å². The highest BCUT2D eigenvalue weighted by atomic mass is 16.5. The van der Waals surface area contributed by atoms with E-state index in [2.05, 4.69) is 130 Å². The van der Waals surface area contributed by atoms with Gasteiger partial charge in [0.1, 0.15) is 0 Å². The lowest BCUT2D eigenvalue weighted by molar-refractivity contribution is -0.0697. The predicted molar refractivity (Wildman–Crippen MR) is 239 cm³/mol. The van der Waals surface area contributed by atoms with Gasteiger partial charge in [-0.25, -0.2) is 0 Å². The minimum Gasteiger partial charge on any atom is -0.379 e. The number of nitrogens with zero attached hydrogens (tertiary/aromatic N) is 4. The van der Waals surface area contributed by atoms with Crippen molar-refractivity contribution in [3.05, 3.63) is 0 Å². The first kappa shape index (κ1) is 54.9. The third kappa shape index (κ3) is 32.5. The molecule has 0 N–H and O–H groups in total. The summed E-state index contributed by atoms with van der Waals surface area (Å²) in [6.07, 6.45) is 11.6. The number of piperidine rings is 1. The lowest BCUT2D eigenvalue weighted by Crippen LogP contribution is -2.46. The summed E-state index contributed by atoms with van der Waals surface area (Å²) in [7, 11) is 0. The molecule has 0 aliphatic carbocycles. The molecule has 4 rings (SSSR count). The molecule has 0 bridgehead atoms. The molecule has 322 valence electrons. The van der Waals surface area contributed by atoms with E-state index < -0.39 is 0 Å². The lowest BCUT2D eigenvalue weighted by atomic mass is 9.82. The van der Waals surface area contributed by atoms with Gasteiger partial charge < -0.3 is 19.3 Å². The van der Waals surface area contributed by atoms with E-state index in [4.69, 9.17) is 9.47 Å². The Morgan fingerprint density at radius 2 is 0.774 bits per heavy atom. The highest BCUT2D eigenvalue weighted by Gasteiger charge is 2.26. The first-order valence-corrected chi connectivity index (χ1v) is 21.4. The van der Waals surface area contributed by atoms with E-state index in [1.54, 1.807) is 0 Å². The van der Waals surface area contributed by atoms with Crippen LogP contribution in [-0.4, -0.2) is 124 Å². The second-order valence-corrected chi connectivity index (χ2v) is 22.3. The smallest absolute Gasteiger partial charge is 0.0678 e. The maximum atomic E-state index is 5.71. The van der Waals surface area contributed by atoms with Gasteiger partial charge in [-0.15, -0.1) is 0 Å². The molecule has 4 aliphatic rings. The summed E-state index contributed by atoms with van der Waals surface area (Å²) in [5, 5.41) is 0. The fraction of sp³-hybridized carbons (Fsp3) is 1.00. The Kier molecular flexibility index (Phi) is 26.8. The number of rotatable bonds is 8. The van der Waals surface area contributed by atoms with Crippen LogP contribution in [0.3, 0.4) is 0 Å². The van der Waals surface area contributed by atoms with Crippen molar-refractivity contribution in [3.63, 3.8) is 0 Å². The van der Waals surface area contributed by atoms with Crippen molar-refractivity contribution in [1.29, 1.82) is 0 Å². The van der Waals surface area contributed by atoms with Gasteiger partial charge in [0.25, 0.3) is 0 Å². The van der Waals surface area contributed by atoms with Crippen molar-refractivity contribution in [2.75, 3.05) is 91.8 Å². The van der Waals surface area contributed by atoms with Crippen LogP contribution in [-0.2, 0) is 9.47 Å². The maximum absolute atomic E-state index is 5.71. The predicted octanol–water partition coefficient (Wildman–Crippen LogP) is 11.6. The van der Waals surface area contributed by atoms with E-state index in [0.717, 1.165) is 39.4 Å². The Morgan fingerprint density at radius 1 is 0.472 bits per heavy atom. The quantitative estimate of drug-likeness (QED) is 0.245. The van der Waals surface area contributed by atoms with Crippen molar-refractivity contribution >= 4 is 0 Å². The third-order valence-corrected chi connectivity index (χ3v) is 10.7. The Bertz CT molecular complexity index is 847. The molecule has 4 heterocycles. The largest absolute Gasteiger partial charge is 0.379 e. The average molecular weight is 755 g/mol. The van der Waals surface area contributed by atoms with Crippen molar-refractivity contribution in [2.45, 2.75) is 189 Å². The van der Waals surface area contributed by atoms with Crippen LogP contribution in [0.1, 0.15) is 177 Å². The second kappa shape index (κ2) is 25.9. The molecule has 4 saturated heterocycles. The summed E-state index contributed by atoms with van der Waals surface area (Å²) < 4.78 is 11.0. The van der Waals surface area contributed by atoms with Crippen molar-refractivity contribution in [2.24, 2.45) is 27.1 Å². The van der Waals surface area contributed by atoms with Gasteiger partial charge in [-0.3, -0.25) is 9.80 Å². The van der Waals surface area contributed by atoms with Gasteiger partial charge in [-0.05, 0) is 145 Å².